The summed E-state index contributed by atoms with van der Waals surface area (Å²) in [5, 5.41) is 11.5. The van der Waals surface area contributed by atoms with E-state index in [0.29, 0.717) is 10.7 Å². The summed E-state index contributed by atoms with van der Waals surface area (Å²) in [4.78, 5) is 24.1. The highest BCUT2D eigenvalue weighted by atomic mass is 35.5. The largest absolute Gasteiger partial charge is 0.395 e. The topological polar surface area (TPSA) is 69.6 Å². The number of anilines is 1. The predicted octanol–water partition coefficient (Wildman–Crippen LogP) is 0.729. The number of likely N-dealkylation sites (N-methyl/N-ethyl adjacent to an activating group) is 1. The fraction of sp³-hybridized carbons (Fsp3) is 0.273. The van der Waals surface area contributed by atoms with Crippen LogP contribution in [-0.4, -0.2) is 42.0 Å². The minimum absolute atomic E-state index is 0.113. The van der Waals surface area contributed by atoms with E-state index in [9.17, 15) is 9.59 Å². The van der Waals surface area contributed by atoms with Crippen molar-refractivity contribution >= 4 is 29.1 Å². The number of carbonyl (C=O) groups excluding carboxylic acids is 2. The predicted molar refractivity (Wildman–Crippen MR) is 64.8 cm³/mol. The van der Waals surface area contributed by atoms with Gasteiger partial charge in [0.15, 0.2) is 0 Å². The molecule has 0 aliphatic heterocycles. The summed E-state index contributed by atoms with van der Waals surface area (Å²) in [6.45, 7) is -0.0749. The summed E-state index contributed by atoms with van der Waals surface area (Å²) in [5.74, 6) is -1.47. The lowest BCUT2D eigenvalue weighted by Crippen LogP contribution is -2.38. The van der Waals surface area contributed by atoms with E-state index in [1.54, 1.807) is 24.3 Å². The molecule has 0 saturated heterocycles. The quantitative estimate of drug-likeness (QED) is 0.784. The van der Waals surface area contributed by atoms with Crippen LogP contribution in [0.2, 0.25) is 5.02 Å². The van der Waals surface area contributed by atoms with Gasteiger partial charge < -0.3 is 15.3 Å². The SMILES string of the molecule is CN(CCO)C(=O)C(=O)Nc1cccc(Cl)c1. The van der Waals surface area contributed by atoms with Gasteiger partial charge in [0.05, 0.1) is 6.61 Å². The van der Waals surface area contributed by atoms with Crippen molar-refractivity contribution < 1.29 is 14.7 Å². The Morgan fingerprint density at radius 3 is 2.76 bits per heavy atom. The molecule has 0 saturated carbocycles. The van der Waals surface area contributed by atoms with Crippen molar-refractivity contribution in [3.63, 3.8) is 0 Å². The van der Waals surface area contributed by atoms with Crippen molar-refractivity contribution in [2.45, 2.75) is 0 Å². The van der Waals surface area contributed by atoms with Gasteiger partial charge in [0.25, 0.3) is 0 Å². The second kappa shape index (κ2) is 6.22. The Balaban J connectivity index is 2.63. The molecule has 2 N–H and O–H groups in total. The first-order valence-corrected chi connectivity index (χ1v) is 5.35. The fourth-order valence-corrected chi connectivity index (χ4v) is 1.37. The van der Waals surface area contributed by atoms with E-state index in [0.717, 1.165) is 4.90 Å². The number of nitrogens with one attached hydrogen (secondary N) is 1. The Hall–Kier alpha value is -1.59. The lowest BCUT2D eigenvalue weighted by molar-refractivity contribution is -0.142. The van der Waals surface area contributed by atoms with Crippen LogP contribution < -0.4 is 5.32 Å². The van der Waals surface area contributed by atoms with Crippen molar-refractivity contribution in [1.29, 1.82) is 0 Å². The zero-order valence-electron chi connectivity index (χ0n) is 9.31. The van der Waals surface area contributed by atoms with Crippen LogP contribution in [0.3, 0.4) is 0 Å². The van der Waals surface area contributed by atoms with Crippen molar-refractivity contribution in [3.05, 3.63) is 29.3 Å². The molecule has 6 heteroatoms. The molecule has 0 aromatic heterocycles. The van der Waals surface area contributed by atoms with Gasteiger partial charge >= 0.3 is 11.8 Å². The van der Waals surface area contributed by atoms with Crippen LogP contribution in [0.25, 0.3) is 0 Å². The molecule has 0 unspecified atom stereocenters. The van der Waals surface area contributed by atoms with Crippen molar-refractivity contribution in [1.82, 2.24) is 4.90 Å². The standard InChI is InChI=1S/C11H13ClN2O3/c1-14(5-6-15)11(17)10(16)13-9-4-2-3-8(12)7-9/h2-4,7,15H,5-6H2,1H3,(H,13,16). The van der Waals surface area contributed by atoms with E-state index in [2.05, 4.69) is 5.32 Å². The third kappa shape index (κ3) is 4.05. The molecule has 2 amide bonds. The van der Waals surface area contributed by atoms with E-state index >= 15 is 0 Å². The zero-order valence-corrected chi connectivity index (χ0v) is 10.1. The van der Waals surface area contributed by atoms with Crippen molar-refractivity contribution in [2.75, 3.05) is 25.5 Å². The fourth-order valence-electron chi connectivity index (χ4n) is 1.18. The van der Waals surface area contributed by atoms with Crippen LogP contribution in [0.15, 0.2) is 24.3 Å². The Morgan fingerprint density at radius 1 is 1.47 bits per heavy atom. The number of rotatable bonds is 3. The molecule has 0 aliphatic carbocycles. The number of hydrogen-bond acceptors (Lipinski definition) is 3. The Labute approximate surface area is 104 Å². The van der Waals surface area contributed by atoms with E-state index in [1.807, 2.05) is 0 Å². The summed E-state index contributed by atoms with van der Waals surface area (Å²) in [6, 6.07) is 6.50. The molecule has 0 spiro atoms. The zero-order chi connectivity index (χ0) is 12.8. The Kier molecular flexibility index (Phi) is 4.93. The maximum Gasteiger partial charge on any atom is 0.313 e. The first-order valence-electron chi connectivity index (χ1n) is 4.97. The summed E-state index contributed by atoms with van der Waals surface area (Å²) >= 11 is 5.74. The van der Waals surface area contributed by atoms with Gasteiger partial charge in [0.2, 0.25) is 0 Å². The number of halogens is 1. The summed E-state index contributed by atoms with van der Waals surface area (Å²) in [6.07, 6.45) is 0. The number of benzene rings is 1. The molecular weight excluding hydrogens is 244 g/mol. The summed E-state index contributed by atoms with van der Waals surface area (Å²) in [5.41, 5.74) is 0.452. The molecule has 0 heterocycles. The van der Waals surface area contributed by atoms with Crippen LogP contribution in [0.4, 0.5) is 5.69 Å². The van der Waals surface area contributed by atoms with Gasteiger partial charge in [0, 0.05) is 24.3 Å². The molecule has 1 rings (SSSR count). The van der Waals surface area contributed by atoms with Gasteiger partial charge in [-0.25, -0.2) is 0 Å². The number of aliphatic hydroxyl groups is 1. The molecule has 0 atom stereocenters. The number of hydrogen-bond donors (Lipinski definition) is 2. The van der Waals surface area contributed by atoms with E-state index in [1.165, 1.54) is 7.05 Å². The van der Waals surface area contributed by atoms with E-state index < -0.39 is 11.8 Å². The molecule has 0 radical (unpaired) electrons. The van der Waals surface area contributed by atoms with Crippen LogP contribution in [-0.2, 0) is 9.59 Å². The first kappa shape index (κ1) is 13.5. The normalized spacial score (nSPS) is 9.82. The lowest BCUT2D eigenvalue weighted by atomic mass is 10.3. The van der Waals surface area contributed by atoms with Crippen LogP contribution in [0.1, 0.15) is 0 Å². The van der Waals surface area contributed by atoms with Crippen molar-refractivity contribution in [3.8, 4) is 0 Å². The second-order valence-electron chi connectivity index (χ2n) is 3.41. The second-order valence-corrected chi connectivity index (χ2v) is 3.85. The molecule has 17 heavy (non-hydrogen) atoms. The molecule has 5 nitrogen and oxygen atoms in total. The lowest BCUT2D eigenvalue weighted by Gasteiger charge is -2.14. The number of carbonyl (C=O) groups is 2. The molecule has 0 fully saturated rings. The van der Waals surface area contributed by atoms with Gasteiger partial charge in [-0.15, -0.1) is 0 Å². The van der Waals surface area contributed by atoms with Crippen LogP contribution >= 0.6 is 11.6 Å². The van der Waals surface area contributed by atoms with Gasteiger partial charge in [-0.3, -0.25) is 9.59 Å². The highest BCUT2D eigenvalue weighted by molar-refractivity contribution is 6.39. The molecule has 1 aromatic rings. The molecule has 92 valence electrons. The molecule has 0 aliphatic rings. The maximum atomic E-state index is 11.5. The third-order valence-electron chi connectivity index (χ3n) is 2.06. The smallest absolute Gasteiger partial charge is 0.313 e. The highest BCUT2D eigenvalue weighted by Crippen LogP contribution is 2.14. The Bertz CT molecular complexity index is 423. The van der Waals surface area contributed by atoms with Gasteiger partial charge in [-0.1, -0.05) is 17.7 Å². The number of aliphatic hydroxyl groups excluding tert-OH is 1. The number of nitrogens with zero attached hydrogens (tertiary/aromatic N) is 1. The Morgan fingerprint density at radius 2 is 2.18 bits per heavy atom. The number of amides is 2. The average molecular weight is 257 g/mol. The molecule has 1 aromatic carbocycles. The van der Waals surface area contributed by atoms with E-state index in [4.69, 9.17) is 16.7 Å². The average Bonchev–Trinajstić information content (AvgIpc) is 2.28. The van der Waals surface area contributed by atoms with Crippen LogP contribution in [0.5, 0.6) is 0 Å². The summed E-state index contributed by atoms with van der Waals surface area (Å²) in [7, 11) is 1.44. The molecular formula is C11H13ClN2O3. The monoisotopic (exact) mass is 256 g/mol. The first-order chi connectivity index (χ1) is 8.04. The van der Waals surface area contributed by atoms with Crippen molar-refractivity contribution in [2.24, 2.45) is 0 Å². The van der Waals surface area contributed by atoms with Crippen LogP contribution in [0, 0.1) is 0 Å². The summed E-state index contributed by atoms with van der Waals surface area (Å²) < 4.78 is 0. The minimum Gasteiger partial charge on any atom is -0.395 e. The van der Waals surface area contributed by atoms with Gasteiger partial charge in [-0.05, 0) is 18.2 Å². The minimum atomic E-state index is -0.761. The maximum absolute atomic E-state index is 11.5. The highest BCUT2D eigenvalue weighted by Gasteiger charge is 2.18. The van der Waals surface area contributed by atoms with Gasteiger partial charge in [0.1, 0.15) is 0 Å². The van der Waals surface area contributed by atoms with Gasteiger partial charge in [-0.2, -0.15) is 0 Å². The van der Waals surface area contributed by atoms with E-state index in [-0.39, 0.29) is 13.2 Å². The third-order valence-corrected chi connectivity index (χ3v) is 2.29. The molecule has 0 bridgehead atoms.